The summed E-state index contributed by atoms with van der Waals surface area (Å²) in [4.78, 5) is 0. The van der Waals surface area contributed by atoms with Gasteiger partial charge in [-0.2, -0.15) is 0 Å². The van der Waals surface area contributed by atoms with Crippen LogP contribution in [0.15, 0.2) is 22.6 Å². The number of allylic oxidation sites excluding steroid dienone is 1. The van der Waals surface area contributed by atoms with Gasteiger partial charge in [-0.3, -0.25) is 0 Å². The fourth-order valence-corrected chi connectivity index (χ4v) is 7.49. The molecule has 0 saturated carbocycles. The molecule has 0 atom stereocenters. The van der Waals surface area contributed by atoms with Gasteiger partial charge in [-0.25, -0.2) is 0 Å². The molecule has 0 saturated heterocycles. The van der Waals surface area contributed by atoms with Crippen LogP contribution < -0.4 is 4.40 Å². The van der Waals surface area contributed by atoms with Gasteiger partial charge in [-0.15, -0.1) is 0 Å². The van der Waals surface area contributed by atoms with Crippen LogP contribution >= 0.6 is 0 Å². The molecule has 17 heavy (non-hydrogen) atoms. The molecule has 2 rings (SSSR count). The molecule has 92 valence electrons. The summed E-state index contributed by atoms with van der Waals surface area (Å²) in [6.45, 7) is 9.25. The summed E-state index contributed by atoms with van der Waals surface area (Å²) < 4.78 is 3.33. The minimum absolute atomic E-state index is 0.378. The predicted octanol–water partition coefficient (Wildman–Crippen LogP) is 4.15. The van der Waals surface area contributed by atoms with Gasteiger partial charge in [0.25, 0.3) is 0 Å². The van der Waals surface area contributed by atoms with Crippen LogP contribution in [0.1, 0.15) is 38.8 Å². The molecule has 0 aromatic heterocycles. The van der Waals surface area contributed by atoms with Gasteiger partial charge >= 0.3 is 109 Å². The third-order valence-electron chi connectivity index (χ3n) is 3.88. The van der Waals surface area contributed by atoms with Gasteiger partial charge in [-0.05, 0) is 0 Å². The van der Waals surface area contributed by atoms with Crippen LogP contribution in [-0.4, -0.2) is 13.3 Å². The van der Waals surface area contributed by atoms with Crippen molar-refractivity contribution in [3.8, 4) is 0 Å². The number of benzene rings is 1. The summed E-state index contributed by atoms with van der Waals surface area (Å²) in [7, 11) is 0. The van der Waals surface area contributed by atoms with Crippen molar-refractivity contribution in [2.24, 2.45) is 5.41 Å². The van der Waals surface area contributed by atoms with E-state index < -0.39 is 13.3 Å². The zero-order valence-electron chi connectivity index (χ0n) is 12.0. The molecule has 0 aliphatic carbocycles. The van der Waals surface area contributed by atoms with E-state index in [0.29, 0.717) is 5.41 Å². The average molecular weight is 289 g/mol. The quantitative estimate of drug-likeness (QED) is 0.681. The fraction of sp³-hybridized carbons (Fsp3) is 0.500. The Bertz CT molecular complexity index is 473. The van der Waals surface area contributed by atoms with Crippen molar-refractivity contribution in [3.63, 3.8) is 0 Å². The SMILES string of the molecule is C[C]1=Cc2cc(CC(C)(C)C)cc[c]2[Ge]1([CH3])[CH3]. The Morgan fingerprint density at radius 1 is 1.12 bits per heavy atom. The summed E-state index contributed by atoms with van der Waals surface area (Å²) in [5.74, 6) is 5.00. The minimum atomic E-state index is -1.81. The average Bonchev–Trinajstić information content (AvgIpc) is 2.35. The van der Waals surface area contributed by atoms with Crippen molar-refractivity contribution < 1.29 is 0 Å². The normalized spacial score (nSPS) is 17.9. The first-order valence-corrected chi connectivity index (χ1v) is 12.8. The molecule has 0 fully saturated rings. The van der Waals surface area contributed by atoms with E-state index in [1.54, 1.807) is 8.80 Å². The Labute approximate surface area is 108 Å². The number of hydrogen-bond donors (Lipinski definition) is 0. The maximum absolute atomic E-state index is 2.50. The molecule has 0 unspecified atom stereocenters. The molecule has 0 spiro atoms. The first-order chi connectivity index (χ1) is 7.70. The summed E-state index contributed by atoms with van der Waals surface area (Å²) in [5, 5.41) is 0. The number of rotatable bonds is 1. The second-order valence-corrected chi connectivity index (χ2v) is 16.7. The Balaban J connectivity index is 2.38. The first-order valence-electron chi connectivity index (χ1n) is 6.52. The Morgan fingerprint density at radius 3 is 2.35 bits per heavy atom. The molecule has 0 bridgehead atoms. The van der Waals surface area contributed by atoms with E-state index in [1.165, 1.54) is 17.5 Å². The van der Waals surface area contributed by atoms with Crippen LogP contribution in [-0.2, 0) is 6.42 Å². The third kappa shape index (κ3) is 2.52. The standard InChI is InChI=1S/C16H24Ge/c1-12-9-14-10-13(11-16(2,3)4)7-8-15(14)17(12,5)6/h7-10H,11H2,1-6H3. The molecule has 0 radical (unpaired) electrons. The number of fused-ring (bicyclic) bond motifs is 1. The maximum atomic E-state index is 2.50. The molecular formula is C16H24Ge. The summed E-state index contributed by atoms with van der Waals surface area (Å²) in [5.41, 5.74) is 3.37. The van der Waals surface area contributed by atoms with Crippen LogP contribution in [0.5, 0.6) is 0 Å². The van der Waals surface area contributed by atoms with E-state index in [1.807, 2.05) is 0 Å². The Hall–Kier alpha value is -0.497. The second kappa shape index (κ2) is 4.01. The molecule has 1 aromatic rings. The molecule has 1 aliphatic rings. The molecule has 0 amide bonds. The van der Waals surface area contributed by atoms with E-state index >= 15 is 0 Å². The zero-order chi connectivity index (χ0) is 12.8. The third-order valence-corrected chi connectivity index (χ3v) is 12.1. The van der Waals surface area contributed by atoms with E-state index in [4.69, 9.17) is 0 Å². The van der Waals surface area contributed by atoms with Crippen LogP contribution in [0.25, 0.3) is 6.08 Å². The molecule has 1 aromatic carbocycles. The Morgan fingerprint density at radius 2 is 1.76 bits per heavy atom. The van der Waals surface area contributed by atoms with E-state index in [9.17, 15) is 0 Å². The molecule has 0 nitrogen and oxygen atoms in total. The van der Waals surface area contributed by atoms with Crippen molar-refractivity contribution in [2.45, 2.75) is 45.6 Å². The van der Waals surface area contributed by atoms with Gasteiger partial charge < -0.3 is 0 Å². The van der Waals surface area contributed by atoms with Crippen molar-refractivity contribution in [1.29, 1.82) is 0 Å². The Kier molecular flexibility index (Phi) is 3.06. The molecule has 1 heteroatoms. The van der Waals surface area contributed by atoms with Crippen LogP contribution in [0.4, 0.5) is 0 Å². The topological polar surface area (TPSA) is 0 Å². The van der Waals surface area contributed by atoms with Gasteiger partial charge in [0.1, 0.15) is 0 Å². The van der Waals surface area contributed by atoms with Crippen molar-refractivity contribution in [3.05, 3.63) is 33.7 Å². The van der Waals surface area contributed by atoms with Crippen molar-refractivity contribution >= 4 is 23.7 Å². The van der Waals surface area contributed by atoms with Gasteiger partial charge in [0.05, 0.1) is 0 Å². The zero-order valence-corrected chi connectivity index (χ0v) is 14.1. The van der Waals surface area contributed by atoms with Gasteiger partial charge in [0.15, 0.2) is 0 Å². The molecule has 0 N–H and O–H groups in total. The fourth-order valence-electron chi connectivity index (χ4n) is 2.65. The van der Waals surface area contributed by atoms with E-state index in [-0.39, 0.29) is 0 Å². The molecule has 1 heterocycles. The summed E-state index contributed by atoms with van der Waals surface area (Å²) in [6.07, 6.45) is 3.60. The monoisotopic (exact) mass is 290 g/mol. The van der Waals surface area contributed by atoms with Crippen LogP contribution in [0.3, 0.4) is 0 Å². The van der Waals surface area contributed by atoms with Gasteiger partial charge in [-0.1, -0.05) is 0 Å². The van der Waals surface area contributed by atoms with Crippen LogP contribution in [0, 0.1) is 5.41 Å². The first kappa shape index (κ1) is 12.9. The van der Waals surface area contributed by atoms with Crippen molar-refractivity contribution in [1.82, 2.24) is 0 Å². The molecule has 1 aliphatic heterocycles. The van der Waals surface area contributed by atoms with E-state index in [2.05, 4.69) is 63.5 Å². The van der Waals surface area contributed by atoms with Gasteiger partial charge in [0.2, 0.25) is 0 Å². The van der Waals surface area contributed by atoms with Crippen LogP contribution in [0.2, 0.25) is 11.5 Å². The predicted molar refractivity (Wildman–Crippen MR) is 80.4 cm³/mol. The summed E-state index contributed by atoms with van der Waals surface area (Å²) >= 11 is -1.81. The van der Waals surface area contributed by atoms with E-state index in [0.717, 1.165) is 0 Å². The second-order valence-electron chi connectivity index (χ2n) is 7.11. The molecular weight excluding hydrogens is 265 g/mol. The van der Waals surface area contributed by atoms with Gasteiger partial charge in [0, 0.05) is 0 Å². The number of hydrogen-bond acceptors (Lipinski definition) is 0. The van der Waals surface area contributed by atoms with Crippen molar-refractivity contribution in [2.75, 3.05) is 0 Å². The summed E-state index contributed by atoms with van der Waals surface area (Å²) in [6, 6.07) is 7.18.